The smallest absolute Gasteiger partial charge is 0.410 e. The number of carbonyl (C=O) groups is 1. The number of anilines is 1. The lowest BCUT2D eigenvalue weighted by Gasteiger charge is -2.40. The Morgan fingerprint density at radius 2 is 1.78 bits per heavy atom. The van der Waals surface area contributed by atoms with Gasteiger partial charge in [-0.2, -0.15) is 0 Å². The van der Waals surface area contributed by atoms with Crippen LogP contribution in [0.3, 0.4) is 0 Å². The van der Waals surface area contributed by atoms with Gasteiger partial charge in [-0.1, -0.05) is 41.4 Å². The van der Waals surface area contributed by atoms with E-state index in [1.165, 1.54) is 0 Å². The number of fused-ring (bicyclic) bond motifs is 1. The standard InChI is InChI=1S/C24H28Cl2N4O2/c1-16-14-28(12-13-29(16)23(31)32-24(2,3)4)22-27-20-10-5-6-11-21(20)30(22)15-17-18(25)8-7-9-19(17)26/h5-11,16H,12-15H2,1-4H3/t16-/m1/s1. The summed E-state index contributed by atoms with van der Waals surface area (Å²) in [5, 5.41) is 1.26. The summed E-state index contributed by atoms with van der Waals surface area (Å²) in [6.45, 7) is 10.1. The fraction of sp³-hybridized carbons (Fsp3) is 0.417. The molecule has 2 heterocycles. The Kier molecular flexibility index (Phi) is 6.28. The molecule has 1 aromatic heterocycles. The molecular formula is C24H28Cl2N4O2. The Hall–Kier alpha value is -2.44. The zero-order valence-electron chi connectivity index (χ0n) is 18.8. The first-order chi connectivity index (χ1) is 15.1. The van der Waals surface area contributed by atoms with Gasteiger partial charge >= 0.3 is 6.09 Å². The number of ether oxygens (including phenoxy) is 1. The molecule has 1 saturated heterocycles. The summed E-state index contributed by atoms with van der Waals surface area (Å²) in [5.41, 5.74) is 2.27. The summed E-state index contributed by atoms with van der Waals surface area (Å²) in [4.78, 5) is 21.6. The first kappa shape index (κ1) is 22.7. The molecule has 1 fully saturated rings. The van der Waals surface area contributed by atoms with Crippen LogP contribution in [0, 0.1) is 0 Å². The molecule has 0 radical (unpaired) electrons. The van der Waals surface area contributed by atoms with Gasteiger partial charge in [-0.05, 0) is 52.0 Å². The Balaban J connectivity index is 1.64. The molecule has 1 amide bonds. The average molecular weight is 475 g/mol. The fourth-order valence-corrected chi connectivity index (χ4v) is 4.55. The van der Waals surface area contributed by atoms with E-state index in [-0.39, 0.29) is 12.1 Å². The minimum absolute atomic E-state index is 0.0178. The van der Waals surface area contributed by atoms with Gasteiger partial charge < -0.3 is 19.1 Å². The van der Waals surface area contributed by atoms with Gasteiger partial charge in [0.05, 0.1) is 17.6 Å². The molecule has 0 spiro atoms. The van der Waals surface area contributed by atoms with Crippen LogP contribution in [0.1, 0.15) is 33.3 Å². The topological polar surface area (TPSA) is 50.6 Å². The molecule has 170 valence electrons. The molecule has 1 aliphatic rings. The third-order valence-electron chi connectivity index (χ3n) is 5.55. The van der Waals surface area contributed by atoms with E-state index in [9.17, 15) is 4.79 Å². The van der Waals surface area contributed by atoms with E-state index in [1.807, 2.05) is 64.1 Å². The maximum Gasteiger partial charge on any atom is 0.410 e. The van der Waals surface area contributed by atoms with E-state index in [0.29, 0.717) is 36.2 Å². The van der Waals surface area contributed by atoms with Gasteiger partial charge in [-0.25, -0.2) is 9.78 Å². The number of hydrogen-bond donors (Lipinski definition) is 0. The first-order valence-electron chi connectivity index (χ1n) is 10.8. The second-order valence-electron chi connectivity index (χ2n) is 9.16. The molecule has 0 aliphatic carbocycles. The van der Waals surface area contributed by atoms with Crippen molar-refractivity contribution < 1.29 is 9.53 Å². The number of para-hydroxylation sites is 2. The third kappa shape index (κ3) is 4.66. The maximum absolute atomic E-state index is 12.6. The Bertz CT molecular complexity index is 1120. The molecule has 32 heavy (non-hydrogen) atoms. The zero-order chi connectivity index (χ0) is 23.0. The van der Waals surface area contributed by atoms with Gasteiger partial charge in [0, 0.05) is 41.3 Å². The van der Waals surface area contributed by atoms with Crippen LogP contribution in [0.25, 0.3) is 11.0 Å². The van der Waals surface area contributed by atoms with E-state index in [2.05, 4.69) is 15.5 Å². The predicted octanol–water partition coefficient (Wildman–Crippen LogP) is 5.84. The number of halogens is 2. The van der Waals surface area contributed by atoms with Crippen LogP contribution in [0.15, 0.2) is 42.5 Å². The van der Waals surface area contributed by atoms with E-state index >= 15 is 0 Å². The van der Waals surface area contributed by atoms with Crippen LogP contribution in [0.4, 0.5) is 10.7 Å². The summed E-state index contributed by atoms with van der Waals surface area (Å²) in [5.74, 6) is 0.845. The monoisotopic (exact) mass is 474 g/mol. The molecule has 0 unspecified atom stereocenters. The predicted molar refractivity (Wildman–Crippen MR) is 130 cm³/mol. The fourth-order valence-electron chi connectivity index (χ4n) is 4.03. The van der Waals surface area contributed by atoms with Crippen LogP contribution in [0.5, 0.6) is 0 Å². The zero-order valence-corrected chi connectivity index (χ0v) is 20.3. The quantitative estimate of drug-likeness (QED) is 0.478. The van der Waals surface area contributed by atoms with Crippen LogP contribution < -0.4 is 4.90 Å². The molecule has 1 atom stereocenters. The summed E-state index contributed by atoms with van der Waals surface area (Å²) in [6.07, 6.45) is -0.277. The van der Waals surface area contributed by atoms with Gasteiger partial charge in [-0.3, -0.25) is 0 Å². The molecule has 4 rings (SSSR count). The van der Waals surface area contributed by atoms with Crippen LogP contribution in [-0.4, -0.2) is 51.8 Å². The number of nitrogens with zero attached hydrogens (tertiary/aromatic N) is 4. The van der Waals surface area contributed by atoms with Crippen molar-refractivity contribution in [2.45, 2.75) is 45.9 Å². The van der Waals surface area contributed by atoms with Gasteiger partial charge in [0.1, 0.15) is 5.60 Å². The number of carbonyl (C=O) groups excluding carboxylic acids is 1. The third-order valence-corrected chi connectivity index (χ3v) is 6.26. The van der Waals surface area contributed by atoms with Crippen molar-refractivity contribution in [3.05, 3.63) is 58.1 Å². The van der Waals surface area contributed by atoms with Crippen molar-refractivity contribution in [2.24, 2.45) is 0 Å². The SMILES string of the molecule is C[C@@H]1CN(c2nc3ccccc3n2Cc2c(Cl)cccc2Cl)CCN1C(=O)OC(C)(C)C. The molecule has 8 heteroatoms. The summed E-state index contributed by atoms with van der Waals surface area (Å²) >= 11 is 13.0. The second-order valence-corrected chi connectivity index (χ2v) is 9.97. The highest BCUT2D eigenvalue weighted by Gasteiger charge is 2.32. The van der Waals surface area contributed by atoms with Crippen LogP contribution >= 0.6 is 23.2 Å². The highest BCUT2D eigenvalue weighted by Crippen LogP contribution is 2.31. The van der Waals surface area contributed by atoms with Crippen molar-refractivity contribution >= 4 is 46.3 Å². The van der Waals surface area contributed by atoms with Gasteiger partial charge in [-0.15, -0.1) is 0 Å². The Morgan fingerprint density at radius 1 is 1.09 bits per heavy atom. The molecular weight excluding hydrogens is 447 g/mol. The summed E-state index contributed by atoms with van der Waals surface area (Å²) in [6, 6.07) is 13.6. The van der Waals surface area contributed by atoms with E-state index in [0.717, 1.165) is 22.5 Å². The van der Waals surface area contributed by atoms with Gasteiger partial charge in [0.25, 0.3) is 0 Å². The first-order valence-corrected chi connectivity index (χ1v) is 11.5. The summed E-state index contributed by atoms with van der Waals surface area (Å²) < 4.78 is 7.74. The lowest BCUT2D eigenvalue weighted by atomic mass is 10.2. The minimum atomic E-state index is -0.518. The maximum atomic E-state index is 12.6. The highest BCUT2D eigenvalue weighted by atomic mass is 35.5. The lowest BCUT2D eigenvalue weighted by Crippen LogP contribution is -2.55. The molecule has 6 nitrogen and oxygen atoms in total. The van der Waals surface area contributed by atoms with E-state index < -0.39 is 5.60 Å². The number of aromatic nitrogens is 2. The molecule has 1 aliphatic heterocycles. The molecule has 0 N–H and O–H groups in total. The molecule has 0 bridgehead atoms. The Labute approximate surface area is 198 Å². The largest absolute Gasteiger partial charge is 0.444 e. The number of amides is 1. The van der Waals surface area contributed by atoms with Crippen molar-refractivity contribution in [1.29, 1.82) is 0 Å². The van der Waals surface area contributed by atoms with Crippen molar-refractivity contribution in [2.75, 3.05) is 24.5 Å². The van der Waals surface area contributed by atoms with Gasteiger partial charge in [0.15, 0.2) is 0 Å². The molecule has 0 saturated carbocycles. The number of imidazole rings is 1. The normalized spacial score (nSPS) is 17.1. The highest BCUT2D eigenvalue weighted by molar-refractivity contribution is 6.36. The Morgan fingerprint density at radius 3 is 2.44 bits per heavy atom. The number of rotatable bonds is 3. The molecule has 3 aromatic rings. The second kappa shape index (κ2) is 8.83. The van der Waals surface area contributed by atoms with Crippen LogP contribution in [0.2, 0.25) is 10.0 Å². The van der Waals surface area contributed by atoms with Gasteiger partial charge in [0.2, 0.25) is 5.95 Å². The number of benzene rings is 2. The van der Waals surface area contributed by atoms with Crippen molar-refractivity contribution in [3.63, 3.8) is 0 Å². The lowest BCUT2D eigenvalue weighted by molar-refractivity contribution is 0.0158. The van der Waals surface area contributed by atoms with E-state index in [4.69, 9.17) is 32.9 Å². The number of piperazine rings is 1. The van der Waals surface area contributed by atoms with Crippen molar-refractivity contribution in [3.8, 4) is 0 Å². The summed E-state index contributed by atoms with van der Waals surface area (Å²) in [7, 11) is 0. The minimum Gasteiger partial charge on any atom is -0.444 e. The molecule has 2 aromatic carbocycles. The average Bonchev–Trinajstić information content (AvgIpc) is 3.08. The number of hydrogen-bond acceptors (Lipinski definition) is 4. The van der Waals surface area contributed by atoms with E-state index in [1.54, 1.807) is 4.90 Å². The van der Waals surface area contributed by atoms with Crippen LogP contribution in [-0.2, 0) is 11.3 Å². The van der Waals surface area contributed by atoms with Crippen molar-refractivity contribution in [1.82, 2.24) is 14.5 Å².